The van der Waals surface area contributed by atoms with E-state index in [0.717, 1.165) is 37.8 Å². The van der Waals surface area contributed by atoms with Crippen LogP contribution in [0.15, 0.2) is 24.3 Å². The largest absolute Gasteiger partial charge is 0.399 e. The summed E-state index contributed by atoms with van der Waals surface area (Å²) in [5.41, 5.74) is 7.62. The van der Waals surface area contributed by atoms with Gasteiger partial charge in [0, 0.05) is 18.2 Å². The van der Waals surface area contributed by atoms with Gasteiger partial charge in [-0.2, -0.15) is 0 Å². The highest BCUT2D eigenvalue weighted by atomic mass is 16.1. The van der Waals surface area contributed by atoms with Gasteiger partial charge in [0.1, 0.15) is 0 Å². The van der Waals surface area contributed by atoms with E-state index in [1.54, 1.807) is 0 Å². The second-order valence-electron chi connectivity index (χ2n) is 5.06. The summed E-state index contributed by atoms with van der Waals surface area (Å²) in [7, 11) is 0. The van der Waals surface area contributed by atoms with E-state index in [9.17, 15) is 4.79 Å². The topological polar surface area (TPSA) is 55.1 Å². The van der Waals surface area contributed by atoms with Crippen LogP contribution in [0.2, 0.25) is 0 Å². The Morgan fingerprint density at radius 2 is 1.74 bits per heavy atom. The van der Waals surface area contributed by atoms with Crippen molar-refractivity contribution in [3.8, 4) is 0 Å². The molecule has 1 rings (SSSR count). The Morgan fingerprint density at radius 1 is 1.16 bits per heavy atom. The molecule has 0 fully saturated rings. The highest BCUT2D eigenvalue weighted by molar-refractivity contribution is 5.78. The molecule has 0 saturated carbocycles. The lowest BCUT2D eigenvalue weighted by Gasteiger charge is -2.15. The minimum absolute atomic E-state index is 0.182. The van der Waals surface area contributed by atoms with Crippen LogP contribution in [0, 0.1) is 5.92 Å². The third-order valence-corrected chi connectivity index (χ3v) is 3.34. The molecule has 0 radical (unpaired) electrons. The molecule has 3 heteroatoms. The fourth-order valence-corrected chi connectivity index (χ4v) is 2.26. The van der Waals surface area contributed by atoms with Gasteiger partial charge in [0.2, 0.25) is 5.91 Å². The van der Waals surface area contributed by atoms with E-state index in [1.807, 2.05) is 24.3 Å². The molecular weight excluding hydrogens is 236 g/mol. The molecule has 0 aliphatic heterocycles. The molecular formula is C16H26N2O. The van der Waals surface area contributed by atoms with Gasteiger partial charge in [0.15, 0.2) is 0 Å². The first-order valence-electron chi connectivity index (χ1n) is 7.29. The van der Waals surface area contributed by atoms with E-state index in [0.29, 0.717) is 6.54 Å². The molecule has 0 aromatic heterocycles. The number of rotatable bonds is 8. The molecule has 1 amide bonds. The molecule has 19 heavy (non-hydrogen) atoms. The summed E-state index contributed by atoms with van der Waals surface area (Å²) in [5.74, 6) is 0.389. The Bertz CT molecular complexity index is 367. The first kappa shape index (κ1) is 15.5. The van der Waals surface area contributed by atoms with Gasteiger partial charge in [-0.15, -0.1) is 0 Å². The lowest BCUT2D eigenvalue weighted by molar-refractivity contribution is -0.125. The second kappa shape index (κ2) is 8.57. The molecule has 0 saturated heterocycles. The molecule has 0 unspecified atom stereocenters. The average molecular weight is 262 g/mol. The fourth-order valence-electron chi connectivity index (χ4n) is 2.26. The third kappa shape index (κ3) is 5.77. The molecule has 0 heterocycles. The van der Waals surface area contributed by atoms with Crippen LogP contribution in [0.5, 0.6) is 0 Å². The Hall–Kier alpha value is -1.51. The van der Waals surface area contributed by atoms with Crippen molar-refractivity contribution in [2.24, 2.45) is 5.92 Å². The SMILES string of the molecule is CCCC(CCC)C(=O)NCCc1ccc(N)cc1. The van der Waals surface area contributed by atoms with Gasteiger partial charge in [-0.25, -0.2) is 0 Å². The second-order valence-corrected chi connectivity index (χ2v) is 5.06. The van der Waals surface area contributed by atoms with Crippen LogP contribution in [0.25, 0.3) is 0 Å². The Labute approximate surface area is 116 Å². The maximum atomic E-state index is 12.0. The molecule has 0 atom stereocenters. The quantitative estimate of drug-likeness (QED) is 0.707. The van der Waals surface area contributed by atoms with Crippen molar-refractivity contribution in [3.05, 3.63) is 29.8 Å². The van der Waals surface area contributed by atoms with Gasteiger partial charge in [0.25, 0.3) is 0 Å². The van der Waals surface area contributed by atoms with Crippen molar-refractivity contribution in [2.45, 2.75) is 46.0 Å². The molecule has 106 valence electrons. The zero-order valence-corrected chi connectivity index (χ0v) is 12.1. The summed E-state index contributed by atoms with van der Waals surface area (Å²) >= 11 is 0. The molecule has 1 aromatic carbocycles. The summed E-state index contributed by atoms with van der Waals surface area (Å²) in [4.78, 5) is 12.0. The molecule has 0 spiro atoms. The molecule has 1 aromatic rings. The number of hydrogen-bond acceptors (Lipinski definition) is 2. The van der Waals surface area contributed by atoms with E-state index >= 15 is 0 Å². The molecule has 0 aliphatic rings. The minimum atomic E-state index is 0.182. The number of anilines is 1. The molecule has 3 N–H and O–H groups in total. The predicted molar refractivity (Wildman–Crippen MR) is 80.9 cm³/mol. The van der Waals surface area contributed by atoms with Crippen molar-refractivity contribution in [1.82, 2.24) is 5.32 Å². The molecule has 3 nitrogen and oxygen atoms in total. The summed E-state index contributed by atoms with van der Waals surface area (Å²) in [6, 6.07) is 7.82. The van der Waals surface area contributed by atoms with Gasteiger partial charge < -0.3 is 11.1 Å². The third-order valence-electron chi connectivity index (χ3n) is 3.34. The van der Waals surface area contributed by atoms with Crippen LogP contribution in [-0.2, 0) is 11.2 Å². The normalized spacial score (nSPS) is 10.7. The predicted octanol–water partition coefficient (Wildman–Crippen LogP) is 3.14. The first-order chi connectivity index (χ1) is 9.17. The van der Waals surface area contributed by atoms with Gasteiger partial charge in [-0.3, -0.25) is 4.79 Å². The monoisotopic (exact) mass is 262 g/mol. The van der Waals surface area contributed by atoms with Crippen molar-refractivity contribution >= 4 is 11.6 Å². The standard InChI is InChI=1S/C16H26N2O/c1-3-5-14(6-4-2)16(19)18-12-11-13-7-9-15(17)10-8-13/h7-10,14H,3-6,11-12,17H2,1-2H3,(H,18,19). The number of nitrogen functional groups attached to an aromatic ring is 1. The highest BCUT2D eigenvalue weighted by Crippen LogP contribution is 2.13. The lowest BCUT2D eigenvalue weighted by Crippen LogP contribution is -2.32. The van der Waals surface area contributed by atoms with E-state index in [2.05, 4.69) is 19.2 Å². The maximum absolute atomic E-state index is 12.0. The van der Waals surface area contributed by atoms with Crippen LogP contribution in [-0.4, -0.2) is 12.5 Å². The zero-order chi connectivity index (χ0) is 14.1. The number of amides is 1. The van der Waals surface area contributed by atoms with Crippen molar-refractivity contribution in [2.75, 3.05) is 12.3 Å². The van der Waals surface area contributed by atoms with Crippen LogP contribution >= 0.6 is 0 Å². The number of carbonyl (C=O) groups is 1. The number of benzene rings is 1. The summed E-state index contributed by atoms with van der Waals surface area (Å²) in [5, 5.41) is 3.05. The van der Waals surface area contributed by atoms with E-state index in [4.69, 9.17) is 5.73 Å². The first-order valence-corrected chi connectivity index (χ1v) is 7.29. The van der Waals surface area contributed by atoms with Gasteiger partial charge >= 0.3 is 0 Å². The maximum Gasteiger partial charge on any atom is 0.223 e. The van der Waals surface area contributed by atoms with Crippen LogP contribution in [0.3, 0.4) is 0 Å². The minimum Gasteiger partial charge on any atom is -0.399 e. The number of nitrogens with one attached hydrogen (secondary N) is 1. The van der Waals surface area contributed by atoms with Crippen molar-refractivity contribution < 1.29 is 4.79 Å². The fraction of sp³-hybridized carbons (Fsp3) is 0.562. The van der Waals surface area contributed by atoms with Gasteiger partial charge in [-0.05, 0) is 37.0 Å². The lowest BCUT2D eigenvalue weighted by atomic mass is 9.97. The molecule has 0 aliphatic carbocycles. The van der Waals surface area contributed by atoms with Gasteiger partial charge in [0.05, 0.1) is 0 Å². The average Bonchev–Trinajstić information content (AvgIpc) is 2.40. The number of carbonyl (C=O) groups excluding carboxylic acids is 1. The zero-order valence-electron chi connectivity index (χ0n) is 12.1. The van der Waals surface area contributed by atoms with E-state index < -0.39 is 0 Å². The summed E-state index contributed by atoms with van der Waals surface area (Å²) in [6.45, 7) is 4.96. The number of hydrogen-bond donors (Lipinski definition) is 2. The van der Waals surface area contributed by atoms with Crippen molar-refractivity contribution in [1.29, 1.82) is 0 Å². The van der Waals surface area contributed by atoms with E-state index in [-0.39, 0.29) is 11.8 Å². The van der Waals surface area contributed by atoms with Crippen LogP contribution in [0.4, 0.5) is 5.69 Å². The van der Waals surface area contributed by atoms with Crippen molar-refractivity contribution in [3.63, 3.8) is 0 Å². The molecule has 0 bridgehead atoms. The number of nitrogens with two attached hydrogens (primary N) is 1. The Morgan fingerprint density at radius 3 is 2.26 bits per heavy atom. The summed E-state index contributed by atoms with van der Waals surface area (Å²) < 4.78 is 0. The van der Waals surface area contributed by atoms with E-state index in [1.165, 1.54) is 5.56 Å². The van der Waals surface area contributed by atoms with Crippen LogP contribution < -0.4 is 11.1 Å². The smallest absolute Gasteiger partial charge is 0.223 e. The Balaban J connectivity index is 2.34. The summed E-state index contributed by atoms with van der Waals surface area (Å²) in [6.07, 6.45) is 4.96. The Kier molecular flexibility index (Phi) is 7.01. The van der Waals surface area contributed by atoms with Crippen LogP contribution in [0.1, 0.15) is 45.1 Å². The highest BCUT2D eigenvalue weighted by Gasteiger charge is 2.15. The van der Waals surface area contributed by atoms with Gasteiger partial charge in [-0.1, -0.05) is 38.8 Å².